The number of hydrogen-bond acceptors (Lipinski definition) is 7. The third-order valence-electron chi connectivity index (χ3n) is 2.68. The number of anilines is 1. The van der Waals surface area contributed by atoms with Gasteiger partial charge in [0.1, 0.15) is 18.0 Å². The molecule has 0 aliphatic rings. The lowest BCUT2D eigenvalue weighted by molar-refractivity contribution is -0.384. The fourth-order valence-corrected chi connectivity index (χ4v) is 1.70. The molecule has 2 heterocycles. The summed E-state index contributed by atoms with van der Waals surface area (Å²) in [5.41, 5.74) is -0.373. The molecular formula is C11H11N7O2. The first-order chi connectivity index (χ1) is 9.67. The van der Waals surface area contributed by atoms with Gasteiger partial charge in [-0.2, -0.15) is 5.26 Å². The van der Waals surface area contributed by atoms with Gasteiger partial charge in [-0.1, -0.05) is 0 Å². The number of nitro groups is 1. The van der Waals surface area contributed by atoms with Crippen molar-refractivity contribution in [3.63, 3.8) is 0 Å². The summed E-state index contributed by atoms with van der Waals surface area (Å²) in [7, 11) is 0. The van der Waals surface area contributed by atoms with Crippen molar-refractivity contribution in [3.8, 4) is 6.07 Å². The molecule has 9 heteroatoms. The molecule has 102 valence electrons. The molecule has 0 aliphatic heterocycles. The standard InChI is InChI=1S/C11H11N7O2/c1-2-17-7-15-16-9(17)6-14-11-10(18(19)20)8(5-12)3-4-13-11/h3-4,7H,2,6H2,1H3,(H,13,14). The molecule has 9 nitrogen and oxygen atoms in total. The highest BCUT2D eigenvalue weighted by Gasteiger charge is 2.21. The van der Waals surface area contributed by atoms with E-state index in [0.717, 1.165) is 0 Å². The van der Waals surface area contributed by atoms with Crippen molar-refractivity contribution in [1.29, 1.82) is 5.26 Å². The number of nitrogens with zero attached hydrogens (tertiary/aromatic N) is 6. The maximum Gasteiger partial charge on any atom is 0.328 e. The molecule has 0 atom stereocenters. The van der Waals surface area contributed by atoms with Gasteiger partial charge in [-0.05, 0) is 13.0 Å². The van der Waals surface area contributed by atoms with Crippen LogP contribution in [0.3, 0.4) is 0 Å². The average molecular weight is 273 g/mol. The summed E-state index contributed by atoms with van der Waals surface area (Å²) >= 11 is 0. The SMILES string of the molecule is CCn1cnnc1CNc1nccc(C#N)c1[N+](=O)[O-]. The second kappa shape index (κ2) is 5.75. The number of hydrogen-bond donors (Lipinski definition) is 1. The molecule has 0 unspecified atom stereocenters. The van der Waals surface area contributed by atoms with E-state index in [1.807, 2.05) is 6.92 Å². The molecule has 2 aromatic heterocycles. The van der Waals surface area contributed by atoms with Gasteiger partial charge in [0.25, 0.3) is 0 Å². The van der Waals surface area contributed by atoms with E-state index >= 15 is 0 Å². The Kier molecular flexibility index (Phi) is 3.85. The molecule has 0 amide bonds. The summed E-state index contributed by atoms with van der Waals surface area (Å²) in [5, 5.41) is 30.4. The number of nitriles is 1. The van der Waals surface area contributed by atoms with Crippen LogP contribution in [0.15, 0.2) is 18.6 Å². The molecule has 2 rings (SSSR count). The van der Waals surface area contributed by atoms with Gasteiger partial charge < -0.3 is 9.88 Å². The highest BCUT2D eigenvalue weighted by atomic mass is 16.6. The number of pyridine rings is 1. The molecule has 0 saturated heterocycles. The van der Waals surface area contributed by atoms with Crippen LogP contribution in [0.2, 0.25) is 0 Å². The van der Waals surface area contributed by atoms with E-state index in [1.165, 1.54) is 12.3 Å². The van der Waals surface area contributed by atoms with E-state index in [9.17, 15) is 10.1 Å². The second-order valence-electron chi connectivity index (χ2n) is 3.81. The van der Waals surface area contributed by atoms with E-state index in [4.69, 9.17) is 5.26 Å². The second-order valence-corrected chi connectivity index (χ2v) is 3.81. The summed E-state index contributed by atoms with van der Waals surface area (Å²) in [4.78, 5) is 14.3. The molecular weight excluding hydrogens is 262 g/mol. The Hall–Kier alpha value is -3.02. The molecule has 20 heavy (non-hydrogen) atoms. The molecule has 0 aromatic carbocycles. The van der Waals surface area contributed by atoms with Gasteiger partial charge in [-0.15, -0.1) is 10.2 Å². The predicted molar refractivity (Wildman–Crippen MR) is 68.6 cm³/mol. The van der Waals surface area contributed by atoms with Crippen LogP contribution in [0.5, 0.6) is 0 Å². The maximum atomic E-state index is 11.0. The van der Waals surface area contributed by atoms with E-state index < -0.39 is 4.92 Å². The normalized spacial score (nSPS) is 10.0. The molecule has 0 fully saturated rings. The first-order valence-electron chi connectivity index (χ1n) is 5.81. The quantitative estimate of drug-likeness (QED) is 0.638. The Morgan fingerprint density at radius 3 is 3.05 bits per heavy atom. The van der Waals surface area contributed by atoms with Crippen LogP contribution in [0, 0.1) is 21.4 Å². The van der Waals surface area contributed by atoms with E-state index in [0.29, 0.717) is 12.4 Å². The van der Waals surface area contributed by atoms with Gasteiger partial charge in [-0.25, -0.2) is 4.98 Å². The summed E-state index contributed by atoms with van der Waals surface area (Å²) in [6.07, 6.45) is 2.92. The van der Waals surface area contributed by atoms with Crippen molar-refractivity contribution >= 4 is 11.5 Å². The van der Waals surface area contributed by atoms with Gasteiger partial charge in [-0.3, -0.25) is 10.1 Å². The third-order valence-corrected chi connectivity index (χ3v) is 2.68. The smallest absolute Gasteiger partial charge is 0.328 e. The first kappa shape index (κ1) is 13.4. The molecule has 0 bridgehead atoms. The Labute approximate surface area is 114 Å². The zero-order chi connectivity index (χ0) is 14.5. The minimum atomic E-state index is -0.627. The van der Waals surface area contributed by atoms with Crippen LogP contribution < -0.4 is 5.32 Å². The van der Waals surface area contributed by atoms with Crippen molar-refractivity contribution in [1.82, 2.24) is 19.7 Å². The van der Waals surface area contributed by atoms with Crippen molar-refractivity contribution in [2.45, 2.75) is 20.0 Å². The van der Waals surface area contributed by atoms with Gasteiger partial charge >= 0.3 is 5.69 Å². The number of aromatic nitrogens is 4. The fourth-order valence-electron chi connectivity index (χ4n) is 1.70. The lowest BCUT2D eigenvalue weighted by atomic mass is 10.2. The molecule has 2 aromatic rings. The van der Waals surface area contributed by atoms with Crippen molar-refractivity contribution in [3.05, 3.63) is 40.1 Å². The van der Waals surface area contributed by atoms with Crippen LogP contribution in [-0.4, -0.2) is 24.7 Å². The topological polar surface area (TPSA) is 123 Å². The Bertz CT molecular complexity index is 674. The van der Waals surface area contributed by atoms with E-state index in [2.05, 4.69) is 20.5 Å². The van der Waals surface area contributed by atoms with Crippen LogP contribution in [0.1, 0.15) is 18.3 Å². The lowest BCUT2D eigenvalue weighted by Gasteiger charge is -2.07. The molecule has 0 aliphatic carbocycles. The highest BCUT2D eigenvalue weighted by molar-refractivity contribution is 5.63. The number of nitrogens with one attached hydrogen (secondary N) is 1. The molecule has 1 N–H and O–H groups in total. The number of aryl methyl sites for hydroxylation is 1. The van der Waals surface area contributed by atoms with E-state index in [1.54, 1.807) is 17.0 Å². The predicted octanol–water partition coefficient (Wildman–Crippen LogP) is 1.08. The minimum absolute atomic E-state index is 0.0375. The average Bonchev–Trinajstić information content (AvgIpc) is 2.91. The van der Waals surface area contributed by atoms with Crippen LogP contribution in [0.25, 0.3) is 0 Å². The van der Waals surface area contributed by atoms with Crippen LogP contribution in [-0.2, 0) is 13.1 Å². The molecule has 0 spiro atoms. The van der Waals surface area contributed by atoms with Gasteiger partial charge in [0.05, 0.1) is 11.5 Å². The van der Waals surface area contributed by atoms with Crippen LogP contribution >= 0.6 is 0 Å². The van der Waals surface area contributed by atoms with Crippen molar-refractivity contribution < 1.29 is 4.92 Å². The Morgan fingerprint density at radius 2 is 2.40 bits per heavy atom. The van der Waals surface area contributed by atoms with Gasteiger partial charge in [0.15, 0.2) is 5.82 Å². The zero-order valence-electron chi connectivity index (χ0n) is 10.6. The summed E-state index contributed by atoms with van der Waals surface area (Å²) < 4.78 is 1.80. The van der Waals surface area contributed by atoms with E-state index in [-0.39, 0.29) is 23.6 Å². The largest absolute Gasteiger partial charge is 0.357 e. The van der Waals surface area contributed by atoms with Crippen molar-refractivity contribution in [2.24, 2.45) is 0 Å². The Balaban J connectivity index is 2.26. The molecule has 0 saturated carbocycles. The van der Waals surface area contributed by atoms with Gasteiger partial charge in [0.2, 0.25) is 5.82 Å². The fraction of sp³-hybridized carbons (Fsp3) is 0.273. The Morgan fingerprint density at radius 1 is 1.60 bits per heavy atom. The molecule has 0 radical (unpaired) electrons. The monoisotopic (exact) mass is 273 g/mol. The van der Waals surface area contributed by atoms with Crippen molar-refractivity contribution in [2.75, 3.05) is 5.32 Å². The summed E-state index contributed by atoms with van der Waals surface area (Å²) in [6, 6.07) is 3.08. The first-order valence-corrected chi connectivity index (χ1v) is 5.81. The summed E-state index contributed by atoms with van der Waals surface area (Å²) in [5.74, 6) is 0.672. The summed E-state index contributed by atoms with van der Waals surface area (Å²) in [6.45, 7) is 2.86. The zero-order valence-corrected chi connectivity index (χ0v) is 10.6. The maximum absolute atomic E-state index is 11.0. The minimum Gasteiger partial charge on any atom is -0.357 e. The lowest BCUT2D eigenvalue weighted by Crippen LogP contribution is -2.10. The third kappa shape index (κ3) is 2.54. The van der Waals surface area contributed by atoms with Gasteiger partial charge in [0, 0.05) is 12.7 Å². The number of rotatable bonds is 5. The highest BCUT2D eigenvalue weighted by Crippen LogP contribution is 2.25. The van der Waals surface area contributed by atoms with Crippen LogP contribution in [0.4, 0.5) is 11.5 Å².